The van der Waals surface area contributed by atoms with Gasteiger partial charge in [-0.2, -0.15) is 0 Å². The van der Waals surface area contributed by atoms with Crippen LogP contribution in [-0.2, 0) is 11.2 Å². The van der Waals surface area contributed by atoms with Crippen molar-refractivity contribution in [3.05, 3.63) is 59.7 Å². The van der Waals surface area contributed by atoms with E-state index in [-0.39, 0.29) is 11.9 Å². The molecule has 0 fully saturated rings. The summed E-state index contributed by atoms with van der Waals surface area (Å²) >= 11 is 0. The van der Waals surface area contributed by atoms with Crippen LogP contribution in [0.15, 0.2) is 48.5 Å². The fourth-order valence-corrected chi connectivity index (χ4v) is 3.58. The van der Waals surface area contributed by atoms with Crippen molar-refractivity contribution in [1.29, 1.82) is 0 Å². The molecule has 22 heavy (non-hydrogen) atoms. The lowest BCUT2D eigenvalue weighted by Gasteiger charge is -2.24. The molecule has 0 aliphatic heterocycles. The molecule has 1 aliphatic rings. The third-order valence-electron chi connectivity index (χ3n) is 4.46. The molecule has 2 N–H and O–H groups in total. The second-order valence-electron chi connectivity index (χ2n) is 5.91. The third-order valence-corrected chi connectivity index (χ3v) is 4.46. The van der Waals surface area contributed by atoms with Gasteiger partial charge in [-0.15, -0.1) is 0 Å². The largest absolute Gasteiger partial charge is 0.354 e. The summed E-state index contributed by atoms with van der Waals surface area (Å²) in [6, 6.07) is 16.9. The molecule has 110 valence electrons. The Hall–Kier alpha value is -2.55. The van der Waals surface area contributed by atoms with Crippen molar-refractivity contribution in [2.75, 3.05) is 0 Å². The first-order valence-electron chi connectivity index (χ1n) is 7.70. The summed E-state index contributed by atoms with van der Waals surface area (Å²) in [7, 11) is 0. The van der Waals surface area contributed by atoms with Crippen molar-refractivity contribution in [3.63, 3.8) is 0 Å². The molecular weight excluding hydrogens is 272 g/mol. The van der Waals surface area contributed by atoms with Crippen molar-refractivity contribution in [1.82, 2.24) is 10.3 Å². The molecule has 1 aliphatic carbocycles. The lowest BCUT2D eigenvalue weighted by molar-refractivity contribution is -0.119. The van der Waals surface area contributed by atoms with Crippen LogP contribution in [0.25, 0.3) is 22.2 Å². The number of hydrogen-bond acceptors (Lipinski definition) is 1. The Kier molecular flexibility index (Phi) is 3.00. The second-order valence-corrected chi connectivity index (χ2v) is 5.91. The number of aromatic nitrogens is 1. The average Bonchev–Trinajstić information content (AvgIpc) is 2.91. The minimum atomic E-state index is 0.0317. The topological polar surface area (TPSA) is 44.9 Å². The molecule has 3 aromatic rings. The van der Waals surface area contributed by atoms with Gasteiger partial charge in [-0.05, 0) is 35.6 Å². The maximum Gasteiger partial charge on any atom is 0.217 e. The molecular formula is C19H18N2O. The van der Waals surface area contributed by atoms with Crippen LogP contribution in [0.2, 0.25) is 0 Å². The zero-order valence-corrected chi connectivity index (χ0v) is 12.5. The zero-order valence-electron chi connectivity index (χ0n) is 12.5. The van der Waals surface area contributed by atoms with Crippen molar-refractivity contribution in [2.45, 2.75) is 25.8 Å². The smallest absolute Gasteiger partial charge is 0.217 e. The fraction of sp³-hybridized carbons (Fsp3) is 0.211. The molecule has 1 amide bonds. The Morgan fingerprint density at radius 2 is 1.95 bits per heavy atom. The highest BCUT2D eigenvalue weighted by Crippen LogP contribution is 2.40. The molecule has 0 bridgehead atoms. The van der Waals surface area contributed by atoms with Crippen LogP contribution in [0, 0.1) is 0 Å². The zero-order chi connectivity index (χ0) is 15.1. The van der Waals surface area contributed by atoms with Crippen LogP contribution in [0.5, 0.6) is 0 Å². The minimum absolute atomic E-state index is 0.0317. The van der Waals surface area contributed by atoms with Gasteiger partial charge in [0.1, 0.15) is 0 Å². The normalized spacial score (nSPS) is 16.7. The van der Waals surface area contributed by atoms with Gasteiger partial charge in [0.15, 0.2) is 0 Å². The maximum atomic E-state index is 11.5. The Balaban J connectivity index is 1.92. The van der Waals surface area contributed by atoms with Crippen LogP contribution < -0.4 is 5.32 Å². The summed E-state index contributed by atoms with van der Waals surface area (Å²) in [6.07, 6.45) is 1.93. The van der Waals surface area contributed by atoms with Gasteiger partial charge in [-0.25, -0.2) is 0 Å². The summed E-state index contributed by atoms with van der Waals surface area (Å²) < 4.78 is 0. The molecule has 0 saturated carbocycles. The quantitative estimate of drug-likeness (QED) is 0.737. The Morgan fingerprint density at radius 3 is 2.73 bits per heavy atom. The number of amides is 1. The number of hydrogen-bond donors (Lipinski definition) is 2. The molecule has 1 atom stereocenters. The van der Waals surface area contributed by atoms with Gasteiger partial charge in [-0.1, -0.05) is 42.5 Å². The Bertz CT molecular complexity index is 849. The maximum absolute atomic E-state index is 11.5. The summed E-state index contributed by atoms with van der Waals surface area (Å²) in [6.45, 7) is 1.59. The summed E-state index contributed by atoms with van der Waals surface area (Å²) in [5, 5.41) is 4.36. The molecule has 0 saturated heterocycles. The molecule has 1 unspecified atom stereocenters. The molecule has 4 rings (SSSR count). The van der Waals surface area contributed by atoms with Crippen molar-refractivity contribution in [2.24, 2.45) is 0 Å². The summed E-state index contributed by atoms with van der Waals surface area (Å²) in [4.78, 5) is 15.0. The van der Waals surface area contributed by atoms with E-state index < -0.39 is 0 Å². The van der Waals surface area contributed by atoms with Gasteiger partial charge in [-0.3, -0.25) is 4.79 Å². The second kappa shape index (κ2) is 5.02. The van der Waals surface area contributed by atoms with Gasteiger partial charge in [0, 0.05) is 23.5 Å². The van der Waals surface area contributed by atoms with Crippen molar-refractivity contribution < 1.29 is 4.79 Å². The molecule has 1 heterocycles. The average molecular weight is 290 g/mol. The lowest BCUT2D eigenvalue weighted by Crippen LogP contribution is -2.28. The van der Waals surface area contributed by atoms with Gasteiger partial charge in [0.05, 0.1) is 6.04 Å². The highest BCUT2D eigenvalue weighted by Gasteiger charge is 2.26. The van der Waals surface area contributed by atoms with Crippen LogP contribution in [0.1, 0.15) is 30.5 Å². The van der Waals surface area contributed by atoms with Gasteiger partial charge >= 0.3 is 0 Å². The molecule has 0 radical (unpaired) electrons. The molecule has 3 nitrogen and oxygen atoms in total. The monoisotopic (exact) mass is 290 g/mol. The van der Waals surface area contributed by atoms with E-state index in [1.165, 1.54) is 27.8 Å². The van der Waals surface area contributed by atoms with E-state index in [0.29, 0.717) is 0 Å². The third kappa shape index (κ3) is 2.01. The molecule has 0 spiro atoms. The van der Waals surface area contributed by atoms with E-state index in [0.717, 1.165) is 18.4 Å². The van der Waals surface area contributed by atoms with Crippen LogP contribution in [0.4, 0.5) is 0 Å². The van der Waals surface area contributed by atoms with Gasteiger partial charge in [0.25, 0.3) is 0 Å². The van der Waals surface area contributed by atoms with Crippen LogP contribution >= 0.6 is 0 Å². The summed E-state index contributed by atoms with van der Waals surface area (Å²) in [5.41, 5.74) is 6.19. The SMILES string of the molecule is CC(=O)NC1CCc2c(-c3ccccc3)[nH]c3cccc1c23. The Morgan fingerprint density at radius 1 is 1.14 bits per heavy atom. The number of aromatic amines is 1. The number of rotatable bonds is 2. The van der Waals surface area contributed by atoms with E-state index in [4.69, 9.17) is 0 Å². The standard InChI is InChI=1S/C19H18N2O/c1-12(22)20-16-11-10-15-18-14(16)8-5-9-17(18)21-19(15)13-6-3-2-4-7-13/h2-9,16,21H,10-11H2,1H3,(H,20,22). The number of benzene rings is 2. The van der Waals surface area contributed by atoms with E-state index in [1.54, 1.807) is 6.92 Å². The predicted octanol–water partition coefficient (Wildman–Crippen LogP) is 3.96. The number of aryl methyl sites for hydroxylation is 1. The highest BCUT2D eigenvalue weighted by atomic mass is 16.1. The first-order valence-corrected chi connectivity index (χ1v) is 7.70. The van der Waals surface area contributed by atoms with E-state index in [2.05, 4.69) is 52.8 Å². The van der Waals surface area contributed by atoms with Gasteiger partial charge < -0.3 is 10.3 Å². The number of carbonyl (C=O) groups excluding carboxylic acids is 1. The fourth-order valence-electron chi connectivity index (χ4n) is 3.58. The number of carbonyl (C=O) groups is 1. The summed E-state index contributed by atoms with van der Waals surface area (Å²) in [5.74, 6) is 0.0317. The molecule has 3 heteroatoms. The van der Waals surface area contributed by atoms with Crippen LogP contribution in [0.3, 0.4) is 0 Å². The minimum Gasteiger partial charge on any atom is -0.354 e. The lowest BCUT2D eigenvalue weighted by atomic mass is 9.87. The highest BCUT2D eigenvalue weighted by molar-refractivity contribution is 5.94. The van der Waals surface area contributed by atoms with Crippen LogP contribution in [-0.4, -0.2) is 10.9 Å². The van der Waals surface area contributed by atoms with Crippen molar-refractivity contribution in [3.8, 4) is 11.3 Å². The first kappa shape index (κ1) is 13.1. The Labute approximate surface area is 129 Å². The van der Waals surface area contributed by atoms with Gasteiger partial charge in [0.2, 0.25) is 5.91 Å². The predicted molar refractivity (Wildman–Crippen MR) is 88.6 cm³/mol. The van der Waals surface area contributed by atoms with E-state index >= 15 is 0 Å². The molecule has 2 aromatic carbocycles. The van der Waals surface area contributed by atoms with E-state index in [9.17, 15) is 4.79 Å². The molecule has 1 aromatic heterocycles. The number of H-pyrrole nitrogens is 1. The van der Waals surface area contributed by atoms with Crippen molar-refractivity contribution >= 4 is 16.8 Å². The van der Waals surface area contributed by atoms with E-state index in [1.807, 2.05) is 6.07 Å². The number of nitrogens with one attached hydrogen (secondary N) is 2. The first-order chi connectivity index (χ1) is 10.7.